The van der Waals surface area contributed by atoms with Gasteiger partial charge in [-0.25, -0.2) is 4.99 Å². The van der Waals surface area contributed by atoms with Crippen molar-refractivity contribution in [1.82, 2.24) is 0 Å². The fourth-order valence-electron chi connectivity index (χ4n) is 5.00. The number of rotatable bonds is 2. The Bertz CT molecular complexity index is 928. The Morgan fingerprint density at radius 3 is 2.81 bits per heavy atom. The monoisotopic (exact) mass is 384 g/mol. The summed E-state index contributed by atoms with van der Waals surface area (Å²) in [5.74, 6) is 0.0451. The Morgan fingerprint density at radius 1 is 1.42 bits per heavy atom. The van der Waals surface area contributed by atoms with E-state index in [1.807, 2.05) is 25.1 Å². The molecule has 0 aromatic heterocycles. The predicted octanol–water partition coefficient (Wildman–Crippen LogP) is 4.97. The molecule has 1 fully saturated rings. The minimum Gasteiger partial charge on any atom is -0.321 e. The summed E-state index contributed by atoms with van der Waals surface area (Å²) in [6.07, 6.45) is 2.62. The van der Waals surface area contributed by atoms with Crippen molar-refractivity contribution < 1.29 is 4.79 Å². The molecule has 1 aliphatic heterocycles. The third kappa shape index (κ3) is 2.04. The van der Waals surface area contributed by atoms with E-state index in [-0.39, 0.29) is 28.7 Å². The molecule has 0 bridgehead atoms. The number of thiocarbonyl (C=S) groups is 1. The molecule has 3 nitrogen and oxygen atoms in total. The maximum absolute atomic E-state index is 12.9. The highest BCUT2D eigenvalue weighted by Crippen LogP contribution is 2.60. The number of amides is 1. The minimum atomic E-state index is -0.488. The lowest BCUT2D eigenvalue weighted by Gasteiger charge is -2.52. The summed E-state index contributed by atoms with van der Waals surface area (Å²) in [5, 5.41) is 5.42. The van der Waals surface area contributed by atoms with Gasteiger partial charge >= 0.3 is 0 Å². The largest absolute Gasteiger partial charge is 0.321 e. The second kappa shape index (κ2) is 5.63. The van der Waals surface area contributed by atoms with E-state index < -0.39 is 5.41 Å². The van der Waals surface area contributed by atoms with Gasteiger partial charge < -0.3 is 5.32 Å². The van der Waals surface area contributed by atoms with Crippen molar-refractivity contribution in [3.63, 3.8) is 0 Å². The van der Waals surface area contributed by atoms with Gasteiger partial charge in [-0.15, -0.1) is 18.2 Å². The zero-order valence-corrected chi connectivity index (χ0v) is 16.7. The van der Waals surface area contributed by atoms with Gasteiger partial charge in [-0.1, -0.05) is 39.0 Å². The Labute approximate surface area is 164 Å². The highest BCUT2D eigenvalue weighted by atomic mass is 35.5. The first-order valence-corrected chi connectivity index (χ1v) is 9.65. The van der Waals surface area contributed by atoms with E-state index in [1.54, 1.807) is 0 Å². The summed E-state index contributed by atoms with van der Waals surface area (Å²) >= 11 is 11.8. The molecule has 1 amide bonds. The first-order valence-electron chi connectivity index (χ1n) is 8.81. The lowest BCUT2D eigenvalue weighted by molar-refractivity contribution is -0.110. The van der Waals surface area contributed by atoms with Crippen LogP contribution in [0.2, 0.25) is 0 Å². The van der Waals surface area contributed by atoms with Gasteiger partial charge in [0.1, 0.15) is 0 Å². The number of carbonyl (C=O) groups excluding carboxylic acids is 1. The van der Waals surface area contributed by atoms with Crippen LogP contribution in [0.5, 0.6) is 0 Å². The van der Waals surface area contributed by atoms with Crippen molar-refractivity contribution in [2.45, 2.75) is 44.0 Å². The Balaban J connectivity index is 2.11. The quantitative estimate of drug-likeness (QED) is 0.338. The highest BCUT2D eigenvalue weighted by molar-refractivity contribution is 7.78. The van der Waals surface area contributed by atoms with E-state index >= 15 is 0 Å². The summed E-state index contributed by atoms with van der Waals surface area (Å²) < 4.78 is 0. The van der Waals surface area contributed by atoms with Gasteiger partial charge in [0.05, 0.1) is 16.8 Å². The number of nitrogens with zero attached hydrogens (tertiary/aromatic N) is 1. The van der Waals surface area contributed by atoms with Crippen LogP contribution in [-0.4, -0.2) is 22.5 Å². The van der Waals surface area contributed by atoms with E-state index in [4.69, 9.17) is 23.8 Å². The predicted molar refractivity (Wildman–Crippen MR) is 110 cm³/mol. The SMILES string of the molecule is C=CC1(C)C(Cl)CC2C(=C3C(=O)Nc4cccc(c43)C2(C)C)C1N=C=S. The number of anilines is 1. The summed E-state index contributed by atoms with van der Waals surface area (Å²) in [6, 6.07) is 5.75. The van der Waals surface area contributed by atoms with Gasteiger partial charge in [-0.2, -0.15) is 0 Å². The molecule has 3 aliphatic rings. The number of hydrogen-bond acceptors (Lipinski definition) is 3. The number of carbonyl (C=O) groups is 1. The molecule has 26 heavy (non-hydrogen) atoms. The number of aliphatic imine (C=N–C) groups is 1. The molecule has 4 atom stereocenters. The van der Waals surface area contributed by atoms with Gasteiger partial charge in [0.2, 0.25) is 0 Å². The van der Waals surface area contributed by atoms with Crippen molar-refractivity contribution in [1.29, 1.82) is 0 Å². The van der Waals surface area contributed by atoms with Crippen LogP contribution < -0.4 is 5.32 Å². The average Bonchev–Trinajstić information content (AvgIpc) is 2.93. The van der Waals surface area contributed by atoms with Crippen LogP contribution in [0.25, 0.3) is 5.57 Å². The molecular weight excluding hydrogens is 364 g/mol. The molecule has 0 radical (unpaired) electrons. The third-order valence-corrected chi connectivity index (χ3v) is 7.40. The molecule has 1 saturated carbocycles. The lowest BCUT2D eigenvalue weighted by Crippen LogP contribution is -2.52. The number of hydrogen-bond donors (Lipinski definition) is 1. The molecular formula is C21H21ClN2OS. The maximum Gasteiger partial charge on any atom is 0.256 e. The summed E-state index contributed by atoms with van der Waals surface area (Å²) in [7, 11) is 0. The molecule has 134 valence electrons. The van der Waals surface area contributed by atoms with Crippen molar-refractivity contribution >= 4 is 46.1 Å². The molecule has 4 rings (SSSR count). The van der Waals surface area contributed by atoms with Crippen molar-refractivity contribution in [2.75, 3.05) is 5.32 Å². The smallest absolute Gasteiger partial charge is 0.256 e. The topological polar surface area (TPSA) is 41.5 Å². The van der Waals surface area contributed by atoms with Gasteiger partial charge in [-0.05, 0) is 47.2 Å². The number of nitrogens with one attached hydrogen (secondary N) is 1. The molecule has 0 saturated heterocycles. The van der Waals surface area contributed by atoms with E-state index in [0.29, 0.717) is 0 Å². The second-order valence-corrected chi connectivity index (χ2v) is 8.89. The molecule has 1 aromatic carbocycles. The number of alkyl halides is 1. The van der Waals surface area contributed by atoms with Crippen LogP contribution >= 0.6 is 23.8 Å². The standard InChI is InChI=1S/C21H21ClN2OS/c1-5-21(4)14(22)9-12-16(18(21)23-10-26)17-15-11(20(12,2)3)7-6-8-13(15)24-19(17)25/h5-8,12,14,18H,1,9H2,2-4H3,(H,24,25). The van der Waals surface area contributed by atoms with Crippen LogP contribution in [-0.2, 0) is 10.2 Å². The fraction of sp³-hybridized carbons (Fsp3) is 0.429. The Kier molecular flexibility index (Phi) is 3.82. The first kappa shape index (κ1) is 17.7. The highest BCUT2D eigenvalue weighted by Gasteiger charge is 2.56. The van der Waals surface area contributed by atoms with Crippen LogP contribution in [0.4, 0.5) is 5.69 Å². The average molecular weight is 385 g/mol. The van der Waals surface area contributed by atoms with Crippen LogP contribution in [0.3, 0.4) is 0 Å². The van der Waals surface area contributed by atoms with Crippen LogP contribution in [0.1, 0.15) is 38.3 Å². The molecule has 0 spiro atoms. The zero-order chi connectivity index (χ0) is 18.9. The van der Waals surface area contributed by atoms with Crippen molar-refractivity contribution in [2.24, 2.45) is 16.3 Å². The number of fused-ring (bicyclic) bond motifs is 1. The summed E-state index contributed by atoms with van der Waals surface area (Å²) in [6.45, 7) is 10.5. The number of isothiocyanates is 1. The third-order valence-electron chi connectivity index (χ3n) is 6.64. The fourth-order valence-corrected chi connectivity index (χ4v) is 5.50. The van der Waals surface area contributed by atoms with E-state index in [2.05, 4.69) is 42.0 Å². The maximum atomic E-state index is 12.9. The number of halogens is 1. The lowest BCUT2D eigenvalue weighted by atomic mass is 9.53. The van der Waals surface area contributed by atoms with E-state index in [9.17, 15) is 4.79 Å². The molecule has 2 aliphatic carbocycles. The molecule has 1 N–H and O–H groups in total. The normalized spacial score (nSPS) is 33.7. The minimum absolute atomic E-state index is 0.0630. The molecule has 5 heteroatoms. The second-order valence-electron chi connectivity index (χ2n) is 8.18. The summed E-state index contributed by atoms with van der Waals surface area (Å²) in [5.41, 5.74) is 4.20. The molecule has 1 aromatic rings. The Hall–Kier alpha value is -1.74. The summed E-state index contributed by atoms with van der Waals surface area (Å²) in [4.78, 5) is 17.4. The van der Waals surface area contributed by atoms with E-state index in [0.717, 1.165) is 28.8 Å². The van der Waals surface area contributed by atoms with Crippen LogP contribution in [0, 0.1) is 11.3 Å². The van der Waals surface area contributed by atoms with Gasteiger partial charge in [0, 0.05) is 22.0 Å². The number of benzene rings is 1. The molecule has 4 unspecified atom stereocenters. The van der Waals surface area contributed by atoms with E-state index in [1.165, 1.54) is 5.56 Å². The van der Waals surface area contributed by atoms with Crippen molar-refractivity contribution in [3.05, 3.63) is 47.6 Å². The first-order chi connectivity index (χ1) is 12.3. The van der Waals surface area contributed by atoms with Gasteiger partial charge in [-0.3, -0.25) is 4.79 Å². The molecule has 1 heterocycles. The van der Waals surface area contributed by atoms with Crippen molar-refractivity contribution in [3.8, 4) is 0 Å². The Morgan fingerprint density at radius 2 is 2.15 bits per heavy atom. The van der Waals surface area contributed by atoms with Gasteiger partial charge in [0.15, 0.2) is 0 Å². The zero-order valence-electron chi connectivity index (χ0n) is 15.1. The van der Waals surface area contributed by atoms with Gasteiger partial charge in [0.25, 0.3) is 5.91 Å². The van der Waals surface area contributed by atoms with Crippen LogP contribution in [0.15, 0.2) is 41.4 Å².